The van der Waals surface area contributed by atoms with Crippen molar-refractivity contribution in [3.8, 4) is 27.8 Å². The van der Waals surface area contributed by atoms with Crippen molar-refractivity contribution in [1.82, 2.24) is 0 Å². The van der Waals surface area contributed by atoms with Crippen LogP contribution in [-0.4, -0.2) is 19.3 Å². The highest BCUT2D eigenvalue weighted by atomic mass is 32.1. The minimum absolute atomic E-state index is 0.237. The summed E-state index contributed by atoms with van der Waals surface area (Å²) >= 11 is 1.58. The summed E-state index contributed by atoms with van der Waals surface area (Å²) < 4.78 is 7.19. The molecule has 0 unspecified atom stereocenters. The van der Waals surface area contributed by atoms with Gasteiger partial charge in [-0.1, -0.05) is 60.7 Å². The number of hydrogen-bond acceptors (Lipinski definition) is 4. The van der Waals surface area contributed by atoms with Crippen LogP contribution in [0, 0.1) is 0 Å². The Balaban J connectivity index is 1.81. The van der Waals surface area contributed by atoms with Crippen LogP contribution in [0.15, 0.2) is 84.9 Å². The van der Waals surface area contributed by atoms with Gasteiger partial charge in [0.25, 0.3) is 0 Å². The van der Waals surface area contributed by atoms with Gasteiger partial charge >= 0.3 is 11.0 Å². The second-order valence-electron chi connectivity index (χ2n) is 6.78. The molecule has 146 valence electrons. The molecule has 0 fully saturated rings. The van der Waals surface area contributed by atoms with E-state index in [2.05, 4.69) is 17.0 Å². The monoisotopic (exact) mass is 403 g/mol. The molecule has 0 saturated heterocycles. The normalized spacial score (nSPS) is 10.7. The third kappa shape index (κ3) is 3.96. The Morgan fingerprint density at radius 3 is 2.14 bits per heavy atom. The van der Waals surface area contributed by atoms with E-state index in [4.69, 9.17) is 4.74 Å². The highest BCUT2D eigenvalue weighted by molar-refractivity contribution is 7.18. The van der Waals surface area contributed by atoms with Crippen molar-refractivity contribution in [1.29, 1.82) is 0 Å². The molecule has 0 aliphatic rings. The zero-order valence-electron chi connectivity index (χ0n) is 16.4. The Hall–Kier alpha value is -3.31. The molecular formula is C24H23N2O2S+. The van der Waals surface area contributed by atoms with Gasteiger partial charge in [-0.25, -0.2) is 0 Å². The first kappa shape index (κ1) is 19.0. The number of nitrogens with zero attached hydrogens (tertiary/aromatic N) is 2. The number of benzene rings is 3. The number of ether oxygens (including phenoxy) is 1. The van der Waals surface area contributed by atoms with Crippen molar-refractivity contribution in [3.05, 3.63) is 90.5 Å². The SMILES string of the molecule is COc1ccc(-[n+]2c(N(C)Cc3ccccc3)sc(-c3ccccc3)c2O)cc1. The molecule has 5 heteroatoms. The average molecular weight is 404 g/mol. The molecule has 0 radical (unpaired) electrons. The molecule has 1 aromatic heterocycles. The summed E-state index contributed by atoms with van der Waals surface area (Å²) in [6, 6.07) is 28.0. The lowest BCUT2D eigenvalue weighted by Gasteiger charge is -2.12. The predicted octanol–water partition coefficient (Wildman–Crippen LogP) is 5.04. The summed E-state index contributed by atoms with van der Waals surface area (Å²) in [5.74, 6) is 1.02. The van der Waals surface area contributed by atoms with Gasteiger partial charge in [-0.2, -0.15) is 4.57 Å². The maximum atomic E-state index is 11.2. The molecule has 4 nitrogen and oxygen atoms in total. The van der Waals surface area contributed by atoms with Crippen molar-refractivity contribution >= 4 is 16.5 Å². The van der Waals surface area contributed by atoms with Gasteiger partial charge in [0.15, 0.2) is 0 Å². The molecule has 4 rings (SSSR count). The second-order valence-corrected chi connectivity index (χ2v) is 7.76. The van der Waals surface area contributed by atoms with Crippen LogP contribution in [-0.2, 0) is 6.54 Å². The van der Waals surface area contributed by atoms with Gasteiger partial charge in [0.05, 0.1) is 14.2 Å². The number of thiazole rings is 1. The Labute approximate surface area is 174 Å². The minimum atomic E-state index is 0.237. The molecule has 0 atom stereocenters. The summed E-state index contributed by atoms with van der Waals surface area (Å²) in [4.78, 5) is 3.01. The molecule has 0 aliphatic carbocycles. The summed E-state index contributed by atoms with van der Waals surface area (Å²) in [7, 11) is 3.70. The van der Waals surface area contributed by atoms with Crippen LogP contribution in [0.25, 0.3) is 16.1 Å². The average Bonchev–Trinajstić information content (AvgIpc) is 3.12. The molecular weight excluding hydrogens is 380 g/mol. The van der Waals surface area contributed by atoms with E-state index in [1.165, 1.54) is 5.56 Å². The van der Waals surface area contributed by atoms with Crippen LogP contribution in [0.4, 0.5) is 5.13 Å². The van der Waals surface area contributed by atoms with E-state index in [9.17, 15) is 5.11 Å². The first-order valence-corrected chi connectivity index (χ1v) is 10.2. The number of rotatable bonds is 6. The number of aromatic nitrogens is 1. The van der Waals surface area contributed by atoms with Crippen LogP contribution in [0.3, 0.4) is 0 Å². The van der Waals surface area contributed by atoms with E-state index in [-0.39, 0.29) is 5.88 Å². The molecule has 4 aromatic rings. The van der Waals surface area contributed by atoms with Crippen molar-refractivity contribution in [2.45, 2.75) is 6.54 Å². The largest absolute Gasteiger partial charge is 0.497 e. The van der Waals surface area contributed by atoms with E-state index in [0.717, 1.165) is 33.6 Å². The van der Waals surface area contributed by atoms with E-state index < -0.39 is 0 Å². The highest BCUT2D eigenvalue weighted by Gasteiger charge is 2.29. The first-order chi connectivity index (χ1) is 14.2. The second kappa shape index (κ2) is 8.37. The van der Waals surface area contributed by atoms with E-state index >= 15 is 0 Å². The van der Waals surface area contributed by atoms with E-state index in [1.54, 1.807) is 18.4 Å². The summed E-state index contributed by atoms with van der Waals surface area (Å²) in [5, 5.41) is 12.1. The van der Waals surface area contributed by atoms with Crippen LogP contribution < -0.4 is 14.2 Å². The summed E-state index contributed by atoms with van der Waals surface area (Å²) in [5.41, 5.74) is 3.10. The van der Waals surface area contributed by atoms with Gasteiger partial charge in [-0.3, -0.25) is 4.90 Å². The quantitative estimate of drug-likeness (QED) is 0.458. The summed E-state index contributed by atoms with van der Waals surface area (Å²) in [6.45, 7) is 0.741. The Bertz CT molecular complexity index is 1080. The minimum Gasteiger partial charge on any atom is -0.497 e. The fourth-order valence-electron chi connectivity index (χ4n) is 3.29. The standard InChI is InChI=1S/C24H22N2O2S/c1-25(17-18-9-5-3-6-10-18)24-26(20-13-15-21(28-2)16-14-20)23(27)22(29-24)19-11-7-4-8-12-19/h3-16H,17H2,1-2H3/p+1. The third-order valence-electron chi connectivity index (χ3n) is 4.76. The van der Waals surface area contributed by atoms with Crippen LogP contribution in [0.2, 0.25) is 0 Å². The smallest absolute Gasteiger partial charge is 0.344 e. The van der Waals surface area contributed by atoms with Gasteiger partial charge < -0.3 is 9.84 Å². The Morgan fingerprint density at radius 1 is 0.897 bits per heavy atom. The molecule has 0 amide bonds. The van der Waals surface area contributed by atoms with Crippen molar-refractivity contribution in [2.24, 2.45) is 0 Å². The zero-order valence-corrected chi connectivity index (χ0v) is 17.3. The van der Waals surface area contributed by atoms with E-state index in [0.29, 0.717) is 0 Å². The molecule has 0 bridgehead atoms. The van der Waals surface area contributed by atoms with Gasteiger partial charge in [0, 0.05) is 0 Å². The van der Waals surface area contributed by atoms with Crippen molar-refractivity contribution < 1.29 is 14.4 Å². The topological polar surface area (TPSA) is 36.6 Å². The molecule has 0 spiro atoms. The molecule has 1 N–H and O–H groups in total. The van der Waals surface area contributed by atoms with Gasteiger partial charge in [0.2, 0.25) is 0 Å². The maximum absolute atomic E-state index is 11.2. The lowest BCUT2D eigenvalue weighted by molar-refractivity contribution is -0.585. The van der Waals surface area contributed by atoms with Crippen LogP contribution in [0.5, 0.6) is 11.6 Å². The number of anilines is 1. The lowest BCUT2D eigenvalue weighted by atomic mass is 10.2. The molecule has 0 saturated carbocycles. The maximum Gasteiger partial charge on any atom is 0.344 e. The van der Waals surface area contributed by atoms with Crippen LogP contribution in [0.1, 0.15) is 5.56 Å². The van der Waals surface area contributed by atoms with Gasteiger partial charge in [-0.15, -0.1) is 0 Å². The molecule has 0 aliphatic heterocycles. The van der Waals surface area contributed by atoms with Crippen molar-refractivity contribution in [2.75, 3.05) is 19.1 Å². The fourth-order valence-corrected chi connectivity index (χ4v) is 4.41. The number of methoxy groups -OCH3 is 1. The number of hydrogen-bond donors (Lipinski definition) is 1. The fraction of sp³-hybridized carbons (Fsp3) is 0.125. The Morgan fingerprint density at radius 2 is 1.52 bits per heavy atom. The van der Waals surface area contributed by atoms with Gasteiger partial charge in [-0.05, 0) is 46.7 Å². The number of aromatic hydroxyl groups is 1. The van der Waals surface area contributed by atoms with E-state index in [1.807, 2.05) is 84.4 Å². The van der Waals surface area contributed by atoms with Crippen molar-refractivity contribution in [3.63, 3.8) is 0 Å². The molecule has 3 aromatic carbocycles. The highest BCUT2D eigenvalue weighted by Crippen LogP contribution is 2.38. The zero-order chi connectivity index (χ0) is 20.2. The predicted molar refractivity (Wildman–Crippen MR) is 118 cm³/mol. The first-order valence-electron chi connectivity index (χ1n) is 9.40. The summed E-state index contributed by atoms with van der Waals surface area (Å²) in [6.07, 6.45) is 0. The van der Waals surface area contributed by atoms with Crippen LogP contribution >= 0.6 is 11.3 Å². The molecule has 29 heavy (non-hydrogen) atoms. The Kier molecular flexibility index (Phi) is 5.49. The third-order valence-corrected chi connectivity index (χ3v) is 6.05. The van der Waals surface area contributed by atoms with Gasteiger partial charge in [0.1, 0.15) is 22.9 Å². The molecule has 1 heterocycles. The lowest BCUT2D eigenvalue weighted by Crippen LogP contribution is -2.36.